The molecule has 3 nitrogen and oxygen atoms in total. The third-order valence-corrected chi connectivity index (χ3v) is 3.99. The van der Waals surface area contributed by atoms with Crippen molar-refractivity contribution in [2.75, 3.05) is 18.4 Å². The van der Waals surface area contributed by atoms with E-state index in [0.29, 0.717) is 0 Å². The van der Waals surface area contributed by atoms with Crippen LogP contribution in [0, 0.1) is 0 Å². The summed E-state index contributed by atoms with van der Waals surface area (Å²) >= 11 is 1.63. The van der Waals surface area contributed by atoms with Crippen LogP contribution in [0.25, 0.3) is 0 Å². The molecule has 0 saturated heterocycles. The fourth-order valence-corrected chi connectivity index (χ4v) is 2.75. The first-order chi connectivity index (χ1) is 8.20. The maximum Gasteiger partial charge on any atom is 0.237 e. The van der Waals surface area contributed by atoms with Gasteiger partial charge in [-0.15, -0.1) is 11.8 Å². The fraction of sp³-hybridized carbons (Fsp3) is 0.462. The highest BCUT2D eigenvalue weighted by atomic mass is 32.2. The molecule has 1 aromatic carbocycles. The van der Waals surface area contributed by atoms with Crippen molar-refractivity contribution in [1.82, 2.24) is 5.32 Å². The van der Waals surface area contributed by atoms with Crippen molar-refractivity contribution >= 4 is 23.4 Å². The zero-order valence-electron chi connectivity index (χ0n) is 10.2. The normalized spacial score (nSPS) is 18.7. The van der Waals surface area contributed by atoms with E-state index in [0.717, 1.165) is 25.2 Å². The average Bonchev–Trinajstić information content (AvgIpc) is 2.31. The van der Waals surface area contributed by atoms with Gasteiger partial charge in [-0.05, 0) is 44.1 Å². The van der Waals surface area contributed by atoms with Crippen LogP contribution in [0.3, 0.4) is 0 Å². The second-order valence-corrected chi connectivity index (χ2v) is 5.57. The summed E-state index contributed by atoms with van der Waals surface area (Å²) in [4.78, 5) is 12.8. The Labute approximate surface area is 106 Å². The molecule has 0 saturated carbocycles. The van der Waals surface area contributed by atoms with E-state index in [2.05, 4.69) is 35.8 Å². The number of amides is 1. The van der Waals surface area contributed by atoms with Crippen molar-refractivity contribution in [1.29, 1.82) is 0 Å². The fourth-order valence-electron chi connectivity index (χ4n) is 1.82. The number of anilines is 1. The molecule has 0 aliphatic carbocycles. The van der Waals surface area contributed by atoms with Gasteiger partial charge in [0.2, 0.25) is 5.91 Å². The number of benzene rings is 1. The van der Waals surface area contributed by atoms with E-state index in [1.54, 1.807) is 11.8 Å². The predicted octanol–water partition coefficient (Wildman–Crippen LogP) is 2.27. The summed E-state index contributed by atoms with van der Waals surface area (Å²) in [5.74, 6) is 0.103. The molecule has 1 aromatic rings. The lowest BCUT2D eigenvalue weighted by atomic mass is 10.1. The largest absolute Gasteiger partial charge is 0.324 e. The smallest absolute Gasteiger partial charge is 0.237 e. The van der Waals surface area contributed by atoms with Crippen molar-refractivity contribution in [2.24, 2.45) is 0 Å². The average molecular weight is 250 g/mol. The number of carbonyl (C=O) groups is 1. The molecule has 0 aromatic heterocycles. The van der Waals surface area contributed by atoms with Gasteiger partial charge in [-0.1, -0.05) is 13.0 Å². The van der Waals surface area contributed by atoms with E-state index in [-0.39, 0.29) is 11.2 Å². The lowest BCUT2D eigenvalue weighted by Crippen LogP contribution is -2.26. The Morgan fingerprint density at radius 1 is 1.47 bits per heavy atom. The van der Waals surface area contributed by atoms with Gasteiger partial charge in [0, 0.05) is 4.90 Å². The van der Waals surface area contributed by atoms with Gasteiger partial charge in [0.1, 0.15) is 0 Å². The first-order valence-corrected chi connectivity index (χ1v) is 6.90. The second kappa shape index (κ2) is 5.56. The molecule has 1 aliphatic heterocycles. The first kappa shape index (κ1) is 12.5. The van der Waals surface area contributed by atoms with Gasteiger partial charge in [-0.25, -0.2) is 0 Å². The van der Waals surface area contributed by atoms with Crippen LogP contribution >= 0.6 is 11.8 Å². The van der Waals surface area contributed by atoms with Gasteiger partial charge in [0.25, 0.3) is 0 Å². The minimum atomic E-state index is 0.00936. The summed E-state index contributed by atoms with van der Waals surface area (Å²) in [6, 6.07) is 6.34. The quantitative estimate of drug-likeness (QED) is 0.805. The highest BCUT2D eigenvalue weighted by Gasteiger charge is 2.22. The lowest BCUT2D eigenvalue weighted by Gasteiger charge is -2.21. The van der Waals surface area contributed by atoms with E-state index in [4.69, 9.17) is 0 Å². The summed E-state index contributed by atoms with van der Waals surface area (Å²) in [5.41, 5.74) is 2.23. The number of rotatable bonds is 4. The molecule has 2 N–H and O–H groups in total. The van der Waals surface area contributed by atoms with Crippen molar-refractivity contribution < 1.29 is 4.79 Å². The topological polar surface area (TPSA) is 41.1 Å². The van der Waals surface area contributed by atoms with Crippen molar-refractivity contribution in [3.8, 4) is 0 Å². The van der Waals surface area contributed by atoms with Crippen LogP contribution < -0.4 is 10.6 Å². The highest BCUT2D eigenvalue weighted by molar-refractivity contribution is 8.00. The van der Waals surface area contributed by atoms with Gasteiger partial charge in [-0.2, -0.15) is 0 Å². The summed E-state index contributed by atoms with van der Waals surface area (Å²) < 4.78 is 0. The van der Waals surface area contributed by atoms with Crippen LogP contribution in [0.15, 0.2) is 23.1 Å². The van der Waals surface area contributed by atoms with E-state index in [9.17, 15) is 4.79 Å². The SMILES string of the molecule is CCNCCc1ccc2c(c1)NC(=O)C(C)S2. The summed E-state index contributed by atoms with van der Waals surface area (Å²) in [6.45, 7) is 6.01. The molecule has 0 spiro atoms. The molecule has 17 heavy (non-hydrogen) atoms. The van der Waals surface area contributed by atoms with Gasteiger partial charge in [0.05, 0.1) is 10.9 Å². The Bertz CT molecular complexity index is 420. The molecule has 92 valence electrons. The number of fused-ring (bicyclic) bond motifs is 1. The molecule has 0 bridgehead atoms. The highest BCUT2D eigenvalue weighted by Crippen LogP contribution is 2.35. The second-order valence-electron chi connectivity index (χ2n) is 4.18. The monoisotopic (exact) mass is 250 g/mol. The Morgan fingerprint density at radius 2 is 2.29 bits per heavy atom. The van der Waals surface area contributed by atoms with Crippen LogP contribution in [-0.4, -0.2) is 24.2 Å². The van der Waals surface area contributed by atoms with Crippen LogP contribution in [0.5, 0.6) is 0 Å². The maximum absolute atomic E-state index is 11.6. The van der Waals surface area contributed by atoms with E-state index in [1.807, 2.05) is 6.92 Å². The molecule has 0 radical (unpaired) electrons. The molecule has 1 unspecified atom stereocenters. The summed E-state index contributed by atoms with van der Waals surface area (Å²) in [6.07, 6.45) is 0.997. The van der Waals surface area contributed by atoms with Gasteiger partial charge < -0.3 is 10.6 Å². The number of likely N-dealkylation sites (N-methyl/N-ethyl adjacent to an activating group) is 1. The van der Waals surface area contributed by atoms with Gasteiger partial charge in [-0.3, -0.25) is 4.79 Å². The van der Waals surface area contributed by atoms with E-state index in [1.165, 1.54) is 10.5 Å². The minimum Gasteiger partial charge on any atom is -0.324 e. The molecule has 1 heterocycles. The van der Waals surface area contributed by atoms with E-state index >= 15 is 0 Å². The van der Waals surface area contributed by atoms with E-state index < -0.39 is 0 Å². The Hall–Kier alpha value is -1.000. The molecule has 1 aliphatic rings. The number of thioether (sulfide) groups is 1. The van der Waals surface area contributed by atoms with Gasteiger partial charge in [0.15, 0.2) is 0 Å². The zero-order chi connectivity index (χ0) is 12.3. The predicted molar refractivity (Wildman–Crippen MR) is 72.6 cm³/mol. The first-order valence-electron chi connectivity index (χ1n) is 6.02. The minimum absolute atomic E-state index is 0.00936. The van der Waals surface area contributed by atoms with Crippen LogP contribution in [0.1, 0.15) is 19.4 Å². The van der Waals surface area contributed by atoms with Crippen molar-refractivity contribution in [3.05, 3.63) is 23.8 Å². The van der Waals surface area contributed by atoms with Gasteiger partial charge >= 0.3 is 0 Å². The summed E-state index contributed by atoms with van der Waals surface area (Å²) in [5, 5.41) is 6.27. The molecule has 1 amide bonds. The molecule has 4 heteroatoms. The number of carbonyl (C=O) groups excluding carboxylic acids is 1. The van der Waals surface area contributed by atoms with Crippen molar-refractivity contribution in [3.63, 3.8) is 0 Å². The Kier molecular flexibility index (Phi) is 4.07. The standard InChI is InChI=1S/C13H18N2OS/c1-3-14-7-6-10-4-5-12-11(8-10)15-13(16)9(2)17-12/h4-5,8-9,14H,3,6-7H2,1-2H3,(H,15,16). The maximum atomic E-state index is 11.6. The summed E-state index contributed by atoms with van der Waals surface area (Å²) in [7, 11) is 0. The Balaban J connectivity index is 2.09. The van der Waals surface area contributed by atoms with Crippen LogP contribution in [-0.2, 0) is 11.2 Å². The molecular weight excluding hydrogens is 232 g/mol. The molecular formula is C13H18N2OS. The van der Waals surface area contributed by atoms with Crippen LogP contribution in [0.2, 0.25) is 0 Å². The number of nitrogens with one attached hydrogen (secondary N) is 2. The zero-order valence-corrected chi connectivity index (χ0v) is 11.1. The lowest BCUT2D eigenvalue weighted by molar-refractivity contribution is -0.115. The van der Waals surface area contributed by atoms with Crippen LogP contribution in [0.4, 0.5) is 5.69 Å². The van der Waals surface area contributed by atoms with Crippen molar-refractivity contribution in [2.45, 2.75) is 30.4 Å². The molecule has 1 atom stereocenters. The Morgan fingerprint density at radius 3 is 3.06 bits per heavy atom. The number of hydrogen-bond acceptors (Lipinski definition) is 3. The molecule has 2 rings (SSSR count). The number of hydrogen-bond donors (Lipinski definition) is 2. The third kappa shape index (κ3) is 3.01. The molecule has 0 fully saturated rings. The third-order valence-electron chi connectivity index (χ3n) is 2.82.